The van der Waals surface area contributed by atoms with Crippen molar-refractivity contribution in [3.05, 3.63) is 98.4 Å². The summed E-state index contributed by atoms with van der Waals surface area (Å²) in [6.07, 6.45) is -0.212. The zero-order chi connectivity index (χ0) is 18.1. The molecule has 1 amide bonds. The molecule has 0 radical (unpaired) electrons. The summed E-state index contributed by atoms with van der Waals surface area (Å²) in [6, 6.07) is 23.8. The molecule has 0 unspecified atom stereocenters. The first kappa shape index (κ1) is 17.3. The maximum Gasteiger partial charge on any atom is 0.256 e. The fraction of sp³-hybridized carbons (Fsp3) is 0.0952. The van der Waals surface area contributed by atoms with Gasteiger partial charge in [-0.3, -0.25) is 4.79 Å². The van der Waals surface area contributed by atoms with Crippen LogP contribution in [0.5, 0.6) is 0 Å². The number of halogens is 2. The van der Waals surface area contributed by atoms with E-state index in [4.69, 9.17) is 0 Å². The van der Waals surface area contributed by atoms with Gasteiger partial charge in [0, 0.05) is 26.6 Å². The molecule has 3 aromatic rings. The Bertz CT molecular complexity index is 959. The van der Waals surface area contributed by atoms with Gasteiger partial charge < -0.3 is 10.2 Å². The highest BCUT2D eigenvalue weighted by atomic mass is 79.9. The van der Waals surface area contributed by atoms with Gasteiger partial charge in [-0.05, 0) is 45.8 Å². The summed E-state index contributed by atoms with van der Waals surface area (Å²) in [5.41, 5.74) is 3.81. The van der Waals surface area contributed by atoms with Gasteiger partial charge in [-0.1, -0.05) is 64.5 Å². The molecule has 0 saturated heterocycles. The molecule has 130 valence electrons. The van der Waals surface area contributed by atoms with Crippen LogP contribution in [0, 0.1) is 0 Å². The van der Waals surface area contributed by atoms with Crippen LogP contribution in [0.25, 0.3) is 0 Å². The molecule has 0 bridgehead atoms. The van der Waals surface area contributed by atoms with Gasteiger partial charge in [0.25, 0.3) is 5.91 Å². The fourth-order valence-corrected chi connectivity index (χ4v) is 4.38. The molecule has 0 aromatic heterocycles. The Hall–Kier alpha value is -2.11. The fourth-order valence-electron chi connectivity index (χ4n) is 3.22. The van der Waals surface area contributed by atoms with Gasteiger partial charge in [0.15, 0.2) is 0 Å². The molecule has 1 atom stereocenters. The van der Waals surface area contributed by atoms with Gasteiger partial charge in [0.05, 0.1) is 5.69 Å². The third-order valence-corrected chi connectivity index (χ3v) is 5.63. The third kappa shape index (κ3) is 3.29. The van der Waals surface area contributed by atoms with E-state index in [1.807, 2.05) is 77.7 Å². The first-order valence-electron chi connectivity index (χ1n) is 8.29. The second-order valence-corrected chi connectivity index (χ2v) is 7.95. The Labute approximate surface area is 169 Å². The molecule has 0 spiro atoms. The van der Waals surface area contributed by atoms with Crippen molar-refractivity contribution in [3.63, 3.8) is 0 Å². The predicted molar refractivity (Wildman–Crippen MR) is 111 cm³/mol. The van der Waals surface area contributed by atoms with E-state index in [1.54, 1.807) is 0 Å². The predicted octanol–water partition coefficient (Wildman–Crippen LogP) is 5.98. The number of fused-ring (bicyclic) bond motifs is 1. The summed E-state index contributed by atoms with van der Waals surface area (Å²) < 4.78 is 1.95. The van der Waals surface area contributed by atoms with Crippen LogP contribution >= 0.6 is 31.9 Å². The monoisotopic (exact) mass is 470 g/mol. The lowest BCUT2D eigenvalue weighted by Gasteiger charge is -2.27. The van der Waals surface area contributed by atoms with Crippen molar-refractivity contribution in [3.8, 4) is 0 Å². The molecule has 5 heteroatoms. The van der Waals surface area contributed by atoms with E-state index in [9.17, 15) is 4.79 Å². The SMILES string of the molecule is O=C1c2ccccc2[C@@H](Nc2ccc(Br)cc2Br)N1Cc1ccccc1. The molecule has 3 aromatic carbocycles. The molecule has 1 aliphatic heterocycles. The smallest absolute Gasteiger partial charge is 0.256 e. The zero-order valence-electron chi connectivity index (χ0n) is 13.8. The molecule has 0 saturated carbocycles. The van der Waals surface area contributed by atoms with Crippen molar-refractivity contribution in [2.45, 2.75) is 12.7 Å². The number of nitrogens with one attached hydrogen (secondary N) is 1. The molecule has 3 nitrogen and oxygen atoms in total. The van der Waals surface area contributed by atoms with Gasteiger partial charge >= 0.3 is 0 Å². The summed E-state index contributed by atoms with van der Waals surface area (Å²) in [4.78, 5) is 14.9. The highest BCUT2D eigenvalue weighted by Gasteiger charge is 2.36. The summed E-state index contributed by atoms with van der Waals surface area (Å²) in [6.45, 7) is 0.556. The van der Waals surface area contributed by atoms with E-state index in [1.165, 1.54) is 0 Å². The van der Waals surface area contributed by atoms with Crippen LogP contribution < -0.4 is 5.32 Å². The second kappa shape index (κ2) is 7.25. The molecule has 1 heterocycles. The average Bonchev–Trinajstić information content (AvgIpc) is 2.91. The van der Waals surface area contributed by atoms with E-state index in [-0.39, 0.29) is 12.1 Å². The van der Waals surface area contributed by atoms with Crippen LogP contribution in [0.3, 0.4) is 0 Å². The first-order valence-corrected chi connectivity index (χ1v) is 9.87. The van der Waals surface area contributed by atoms with E-state index in [0.717, 1.165) is 31.3 Å². The zero-order valence-corrected chi connectivity index (χ0v) is 17.0. The number of hydrogen-bond donors (Lipinski definition) is 1. The van der Waals surface area contributed by atoms with Crippen LogP contribution in [0.15, 0.2) is 81.7 Å². The standard InChI is InChI=1S/C21H16Br2N2O/c22-15-10-11-19(18(23)12-15)24-20-16-8-4-5-9-17(16)21(26)25(20)13-14-6-2-1-3-7-14/h1-12,20,24H,13H2/t20-/m0/s1. The number of anilines is 1. The van der Waals surface area contributed by atoms with Gasteiger partial charge in [0.2, 0.25) is 0 Å². The van der Waals surface area contributed by atoms with Crippen LogP contribution in [-0.2, 0) is 6.54 Å². The number of nitrogens with zero attached hydrogens (tertiary/aromatic N) is 1. The van der Waals surface area contributed by atoms with E-state index in [0.29, 0.717) is 6.54 Å². The Balaban J connectivity index is 1.71. The molecule has 1 aliphatic rings. The quantitative estimate of drug-likeness (QED) is 0.507. The average molecular weight is 472 g/mol. The minimum atomic E-state index is -0.212. The van der Waals surface area contributed by atoms with Crippen molar-refractivity contribution in [2.24, 2.45) is 0 Å². The summed E-state index contributed by atoms with van der Waals surface area (Å²) in [5, 5.41) is 3.53. The number of benzene rings is 3. The Morgan fingerprint density at radius 3 is 2.42 bits per heavy atom. The number of amides is 1. The van der Waals surface area contributed by atoms with Crippen LogP contribution in [0.1, 0.15) is 27.7 Å². The van der Waals surface area contributed by atoms with Gasteiger partial charge in [-0.25, -0.2) is 0 Å². The Morgan fingerprint density at radius 1 is 0.923 bits per heavy atom. The molecular weight excluding hydrogens is 456 g/mol. The maximum atomic E-state index is 13.0. The van der Waals surface area contributed by atoms with Gasteiger partial charge in [-0.15, -0.1) is 0 Å². The highest BCUT2D eigenvalue weighted by Crippen LogP contribution is 2.37. The van der Waals surface area contributed by atoms with Crippen molar-refractivity contribution in [2.75, 3.05) is 5.32 Å². The Morgan fingerprint density at radius 2 is 1.65 bits per heavy atom. The van der Waals surface area contributed by atoms with E-state index < -0.39 is 0 Å². The molecule has 0 fully saturated rings. The summed E-state index contributed by atoms with van der Waals surface area (Å²) in [5.74, 6) is 0.0511. The molecule has 26 heavy (non-hydrogen) atoms. The van der Waals surface area contributed by atoms with Gasteiger partial charge in [0.1, 0.15) is 6.17 Å². The minimum absolute atomic E-state index is 0.0511. The lowest BCUT2D eigenvalue weighted by Crippen LogP contribution is -2.31. The second-order valence-electron chi connectivity index (χ2n) is 6.18. The molecule has 1 N–H and O–H groups in total. The topological polar surface area (TPSA) is 32.3 Å². The molecular formula is C21H16Br2N2O. The molecule has 0 aliphatic carbocycles. The third-order valence-electron chi connectivity index (χ3n) is 4.48. The number of rotatable bonds is 4. The van der Waals surface area contributed by atoms with E-state index >= 15 is 0 Å². The number of carbonyl (C=O) groups is 1. The number of hydrogen-bond acceptors (Lipinski definition) is 2. The first-order chi connectivity index (χ1) is 12.6. The maximum absolute atomic E-state index is 13.0. The van der Waals surface area contributed by atoms with Crippen LogP contribution in [0.2, 0.25) is 0 Å². The lowest BCUT2D eigenvalue weighted by molar-refractivity contribution is 0.0728. The summed E-state index contributed by atoms with van der Waals surface area (Å²) in [7, 11) is 0. The number of carbonyl (C=O) groups excluding carboxylic acids is 1. The Kier molecular flexibility index (Phi) is 4.83. The van der Waals surface area contributed by atoms with Crippen molar-refractivity contribution < 1.29 is 4.79 Å². The van der Waals surface area contributed by atoms with Gasteiger partial charge in [-0.2, -0.15) is 0 Å². The van der Waals surface area contributed by atoms with E-state index in [2.05, 4.69) is 37.2 Å². The largest absolute Gasteiger partial charge is 0.360 e. The van der Waals surface area contributed by atoms with Crippen LogP contribution in [-0.4, -0.2) is 10.8 Å². The summed E-state index contributed by atoms with van der Waals surface area (Å²) >= 11 is 7.08. The molecule has 4 rings (SSSR count). The van der Waals surface area contributed by atoms with Crippen molar-refractivity contribution in [1.29, 1.82) is 0 Å². The van der Waals surface area contributed by atoms with Crippen molar-refractivity contribution >= 4 is 43.5 Å². The lowest BCUT2D eigenvalue weighted by atomic mass is 10.1. The van der Waals surface area contributed by atoms with Crippen molar-refractivity contribution in [1.82, 2.24) is 4.90 Å². The van der Waals surface area contributed by atoms with Crippen LogP contribution in [0.4, 0.5) is 5.69 Å². The normalized spacial score (nSPS) is 15.8. The minimum Gasteiger partial charge on any atom is -0.360 e. The highest BCUT2D eigenvalue weighted by molar-refractivity contribution is 9.11.